The number of benzene rings is 1. The van der Waals surface area contributed by atoms with E-state index in [4.69, 9.17) is 13.9 Å². The Morgan fingerprint density at radius 3 is 2.66 bits per heavy atom. The molecule has 1 aliphatic carbocycles. The Morgan fingerprint density at radius 2 is 1.90 bits per heavy atom. The van der Waals surface area contributed by atoms with Crippen LogP contribution in [0.1, 0.15) is 51.2 Å². The van der Waals surface area contributed by atoms with Gasteiger partial charge < -0.3 is 13.9 Å². The van der Waals surface area contributed by atoms with Crippen LogP contribution in [0.3, 0.4) is 0 Å². The number of fused-ring (bicyclic) bond motifs is 3. The van der Waals surface area contributed by atoms with E-state index in [1.807, 2.05) is 6.07 Å². The Bertz CT molecular complexity index is 1030. The molecule has 1 atom stereocenters. The molecule has 2 aromatic rings. The van der Waals surface area contributed by atoms with Crippen molar-refractivity contribution in [1.82, 2.24) is 4.90 Å². The summed E-state index contributed by atoms with van der Waals surface area (Å²) in [5.41, 5.74) is 1.24. The van der Waals surface area contributed by atoms with E-state index in [-0.39, 0.29) is 5.63 Å². The second-order valence-electron chi connectivity index (χ2n) is 8.61. The molecular formula is C22H25NO6. The molecule has 2 aliphatic rings. The molecule has 0 spiro atoms. The molecular weight excluding hydrogens is 374 g/mol. The van der Waals surface area contributed by atoms with E-state index in [2.05, 4.69) is 0 Å². The quantitative estimate of drug-likeness (QED) is 0.436. The zero-order valence-corrected chi connectivity index (χ0v) is 16.9. The lowest BCUT2D eigenvalue weighted by molar-refractivity contribution is -0.139. The highest BCUT2D eigenvalue weighted by molar-refractivity contribution is 5.86. The largest absolute Gasteiger partial charge is 0.444 e. The predicted molar refractivity (Wildman–Crippen MR) is 106 cm³/mol. The third kappa shape index (κ3) is 3.86. The minimum Gasteiger partial charge on any atom is -0.444 e. The van der Waals surface area contributed by atoms with Gasteiger partial charge in [0.1, 0.15) is 23.0 Å². The normalized spacial score (nSPS) is 18.7. The first-order chi connectivity index (χ1) is 13.7. The van der Waals surface area contributed by atoms with Crippen LogP contribution in [0.25, 0.3) is 11.0 Å². The number of amides is 1. The van der Waals surface area contributed by atoms with Crippen LogP contribution in [0.4, 0.5) is 4.79 Å². The highest BCUT2D eigenvalue weighted by atomic mass is 16.6. The second kappa shape index (κ2) is 7.21. The first-order valence-corrected chi connectivity index (χ1v) is 10.0. The number of esters is 1. The molecule has 0 N–H and O–H groups in total. The fraction of sp³-hybridized carbons (Fsp3) is 0.500. The van der Waals surface area contributed by atoms with Crippen LogP contribution in [0, 0.1) is 0 Å². The van der Waals surface area contributed by atoms with Crippen molar-refractivity contribution in [3.63, 3.8) is 0 Å². The molecule has 7 nitrogen and oxygen atoms in total. The minimum atomic E-state index is -0.687. The number of carbonyl (C=O) groups excluding carboxylic acids is 2. The van der Waals surface area contributed by atoms with Crippen molar-refractivity contribution >= 4 is 23.0 Å². The lowest BCUT2D eigenvalue weighted by Gasteiger charge is -2.27. The number of hydrogen-bond donors (Lipinski definition) is 0. The summed E-state index contributed by atoms with van der Waals surface area (Å²) in [6.45, 7) is 5.81. The summed E-state index contributed by atoms with van der Waals surface area (Å²) in [5, 5.41) is 0.883. The van der Waals surface area contributed by atoms with Gasteiger partial charge in [0.15, 0.2) is 0 Å². The Balaban J connectivity index is 1.53. The predicted octanol–water partition coefficient (Wildman–Crippen LogP) is 3.59. The van der Waals surface area contributed by atoms with Gasteiger partial charge in [-0.25, -0.2) is 14.4 Å². The summed E-state index contributed by atoms with van der Waals surface area (Å²) in [6.07, 6.45) is 3.25. The van der Waals surface area contributed by atoms with Gasteiger partial charge in [0.05, 0.1) is 0 Å². The van der Waals surface area contributed by atoms with Crippen LogP contribution in [0.5, 0.6) is 5.75 Å². The van der Waals surface area contributed by atoms with Gasteiger partial charge >= 0.3 is 17.7 Å². The first-order valence-electron chi connectivity index (χ1n) is 10.0. The van der Waals surface area contributed by atoms with Gasteiger partial charge in [0.25, 0.3) is 0 Å². The fourth-order valence-electron chi connectivity index (χ4n) is 4.06. The molecule has 1 fully saturated rings. The Kier molecular flexibility index (Phi) is 4.84. The first kappa shape index (κ1) is 19.5. The number of nitrogens with zero attached hydrogens (tertiary/aromatic N) is 1. The van der Waals surface area contributed by atoms with Gasteiger partial charge in [0, 0.05) is 23.6 Å². The number of hydrogen-bond acceptors (Lipinski definition) is 6. The number of rotatable bonds is 2. The average Bonchev–Trinajstić information content (AvgIpc) is 3.30. The SMILES string of the molecule is CC(C)(C)OC(=O)N1CCC[C@@H]1C(=O)Oc1ccc2c3c(c(=O)oc2c1)CCC3. The number of carbonyl (C=O) groups is 2. The summed E-state index contributed by atoms with van der Waals surface area (Å²) in [6, 6.07) is 4.41. The van der Waals surface area contributed by atoms with Crippen molar-refractivity contribution in [2.75, 3.05) is 6.54 Å². The topological polar surface area (TPSA) is 86.0 Å². The van der Waals surface area contributed by atoms with Crippen LogP contribution in [0.2, 0.25) is 0 Å². The summed E-state index contributed by atoms with van der Waals surface area (Å²) in [4.78, 5) is 38.7. The number of likely N-dealkylation sites (tertiary alicyclic amines) is 1. The van der Waals surface area contributed by atoms with Crippen LogP contribution in [0.15, 0.2) is 27.4 Å². The van der Waals surface area contributed by atoms with E-state index in [9.17, 15) is 14.4 Å². The molecule has 7 heteroatoms. The zero-order chi connectivity index (χ0) is 20.8. The molecule has 2 heterocycles. The molecule has 1 saturated heterocycles. The van der Waals surface area contributed by atoms with Crippen molar-refractivity contribution in [2.45, 2.75) is 64.5 Å². The zero-order valence-electron chi connectivity index (χ0n) is 16.9. The van der Waals surface area contributed by atoms with E-state index in [0.717, 1.165) is 35.8 Å². The van der Waals surface area contributed by atoms with E-state index in [1.165, 1.54) is 4.90 Å². The van der Waals surface area contributed by atoms with E-state index in [0.29, 0.717) is 30.7 Å². The van der Waals surface area contributed by atoms with Crippen molar-refractivity contribution in [1.29, 1.82) is 0 Å². The van der Waals surface area contributed by atoms with Crippen LogP contribution >= 0.6 is 0 Å². The highest BCUT2D eigenvalue weighted by Crippen LogP contribution is 2.30. The van der Waals surface area contributed by atoms with Crippen molar-refractivity contribution in [3.05, 3.63) is 39.7 Å². The Hall–Kier alpha value is -2.83. The monoisotopic (exact) mass is 399 g/mol. The molecule has 4 rings (SSSR count). The molecule has 1 aliphatic heterocycles. The minimum absolute atomic E-state index is 0.291. The van der Waals surface area contributed by atoms with E-state index >= 15 is 0 Å². The molecule has 0 bridgehead atoms. The summed E-state index contributed by atoms with van der Waals surface area (Å²) in [7, 11) is 0. The summed E-state index contributed by atoms with van der Waals surface area (Å²) >= 11 is 0. The molecule has 1 aromatic heterocycles. The lowest BCUT2D eigenvalue weighted by Crippen LogP contribution is -2.44. The fourth-order valence-corrected chi connectivity index (χ4v) is 4.06. The molecule has 1 amide bonds. The number of aryl methyl sites for hydroxylation is 1. The summed E-state index contributed by atoms with van der Waals surface area (Å²) in [5.74, 6) is -0.226. The van der Waals surface area contributed by atoms with Crippen LogP contribution in [-0.2, 0) is 22.4 Å². The highest BCUT2D eigenvalue weighted by Gasteiger charge is 2.38. The molecule has 154 valence electrons. The van der Waals surface area contributed by atoms with Crippen molar-refractivity contribution < 1.29 is 23.5 Å². The average molecular weight is 399 g/mol. The maximum Gasteiger partial charge on any atom is 0.411 e. The standard InChI is InChI=1S/C22H25NO6/c1-22(2,3)29-21(26)23-11-5-8-17(23)20(25)27-13-9-10-15-14-6-4-7-16(14)19(24)28-18(15)12-13/h9-10,12,17H,4-8,11H2,1-3H3/t17-/m1/s1. The molecule has 0 unspecified atom stereocenters. The smallest absolute Gasteiger partial charge is 0.411 e. The van der Waals surface area contributed by atoms with Gasteiger partial charge in [-0.15, -0.1) is 0 Å². The van der Waals surface area contributed by atoms with E-state index in [1.54, 1.807) is 32.9 Å². The van der Waals surface area contributed by atoms with Crippen molar-refractivity contribution in [2.24, 2.45) is 0 Å². The molecule has 0 radical (unpaired) electrons. The van der Waals surface area contributed by atoms with Gasteiger partial charge in [-0.3, -0.25) is 4.90 Å². The van der Waals surface area contributed by atoms with Gasteiger partial charge in [0.2, 0.25) is 0 Å². The van der Waals surface area contributed by atoms with Crippen LogP contribution in [-0.4, -0.2) is 35.2 Å². The van der Waals surface area contributed by atoms with Gasteiger partial charge in [-0.2, -0.15) is 0 Å². The molecule has 29 heavy (non-hydrogen) atoms. The van der Waals surface area contributed by atoms with Crippen LogP contribution < -0.4 is 10.4 Å². The lowest BCUT2D eigenvalue weighted by atomic mass is 10.1. The Labute approximate surface area is 168 Å². The maximum atomic E-state index is 12.7. The Morgan fingerprint density at radius 1 is 1.14 bits per heavy atom. The maximum absolute atomic E-state index is 12.7. The summed E-state index contributed by atoms with van der Waals surface area (Å²) < 4.78 is 16.4. The third-order valence-corrected chi connectivity index (χ3v) is 5.32. The second-order valence-corrected chi connectivity index (χ2v) is 8.61. The van der Waals surface area contributed by atoms with Crippen molar-refractivity contribution in [3.8, 4) is 5.75 Å². The van der Waals surface area contributed by atoms with Gasteiger partial charge in [-0.05, 0) is 70.6 Å². The third-order valence-electron chi connectivity index (χ3n) is 5.32. The van der Waals surface area contributed by atoms with Gasteiger partial charge in [-0.1, -0.05) is 0 Å². The molecule has 1 aromatic carbocycles. The molecule has 0 saturated carbocycles. The van der Waals surface area contributed by atoms with E-state index < -0.39 is 23.7 Å². The number of ether oxygens (including phenoxy) is 2.